The molecule has 0 N–H and O–H groups in total. The van der Waals surface area contributed by atoms with Crippen LogP contribution in [0.2, 0.25) is 0 Å². The zero-order valence-electron chi connectivity index (χ0n) is 31.8. The van der Waals surface area contributed by atoms with Crippen LogP contribution in [-0.2, 0) is 0 Å². The van der Waals surface area contributed by atoms with Crippen LogP contribution in [0.1, 0.15) is 0 Å². The summed E-state index contributed by atoms with van der Waals surface area (Å²) in [6, 6.07) is 71.0. The van der Waals surface area contributed by atoms with Gasteiger partial charge in [-0.15, -0.1) is 0 Å². The van der Waals surface area contributed by atoms with E-state index in [1.807, 2.05) is 0 Å². The van der Waals surface area contributed by atoms with E-state index < -0.39 is 0 Å². The highest BCUT2D eigenvalue weighted by Crippen LogP contribution is 2.46. The van der Waals surface area contributed by atoms with Crippen LogP contribution in [0.15, 0.2) is 194 Å². The molecule has 0 aliphatic carbocycles. The Bertz CT molecular complexity index is 4050. The lowest BCUT2D eigenvalue weighted by molar-refractivity contribution is 1.10. The summed E-state index contributed by atoms with van der Waals surface area (Å²) < 4.78 is 7.33. The van der Waals surface area contributed by atoms with Gasteiger partial charge in [-0.25, -0.2) is 4.98 Å². The molecule has 0 spiro atoms. The fourth-order valence-electron chi connectivity index (χ4n) is 10.6. The number of para-hydroxylation sites is 4. The van der Waals surface area contributed by atoms with Gasteiger partial charge in [0, 0.05) is 60.0 Å². The molecule has 0 aliphatic rings. The lowest BCUT2D eigenvalue weighted by Gasteiger charge is -2.15. The summed E-state index contributed by atoms with van der Waals surface area (Å²) in [5.74, 6) is 0.923. The van der Waals surface area contributed by atoms with E-state index in [4.69, 9.17) is 4.98 Å². The van der Waals surface area contributed by atoms with Gasteiger partial charge in [0.25, 0.3) is 0 Å². The maximum Gasteiger partial charge on any atom is 0.145 e. The van der Waals surface area contributed by atoms with Crippen LogP contribution < -0.4 is 0 Å². The summed E-state index contributed by atoms with van der Waals surface area (Å²) in [5.41, 5.74) is 11.5. The molecule has 0 amide bonds. The van der Waals surface area contributed by atoms with E-state index in [1.54, 1.807) is 0 Å². The molecule has 0 atom stereocenters. The van der Waals surface area contributed by atoms with E-state index in [-0.39, 0.29) is 0 Å². The number of imidazole rings is 1. The second kappa shape index (κ2) is 11.3. The molecule has 0 radical (unpaired) electrons. The second-order valence-electron chi connectivity index (χ2n) is 15.9. The van der Waals surface area contributed by atoms with Gasteiger partial charge < -0.3 is 8.97 Å². The first-order chi connectivity index (χ1) is 29.3. The highest BCUT2D eigenvalue weighted by Gasteiger charge is 2.23. The van der Waals surface area contributed by atoms with Gasteiger partial charge in [0.2, 0.25) is 0 Å². The van der Waals surface area contributed by atoms with E-state index in [9.17, 15) is 0 Å². The zero-order valence-corrected chi connectivity index (χ0v) is 31.8. The van der Waals surface area contributed by atoms with Crippen LogP contribution in [0.5, 0.6) is 0 Å². The first kappa shape index (κ1) is 31.2. The molecular weight excluding hydrogens is 717 g/mol. The van der Waals surface area contributed by atoms with E-state index in [1.165, 1.54) is 86.8 Å². The number of hydrogen-bond donors (Lipinski definition) is 0. The maximum absolute atomic E-state index is 5.51. The van der Waals surface area contributed by atoms with E-state index >= 15 is 0 Å². The Morgan fingerprint density at radius 2 is 0.831 bits per heavy atom. The van der Waals surface area contributed by atoms with Gasteiger partial charge in [-0.1, -0.05) is 140 Å². The molecule has 14 rings (SSSR count). The number of benzene rings is 10. The minimum atomic E-state index is 0.923. The highest BCUT2D eigenvalue weighted by atomic mass is 15.1. The van der Waals surface area contributed by atoms with Gasteiger partial charge >= 0.3 is 0 Å². The van der Waals surface area contributed by atoms with Crippen molar-refractivity contribution in [1.82, 2.24) is 18.5 Å². The minimum absolute atomic E-state index is 0.923. The number of nitrogens with zero attached hydrogens (tertiary/aromatic N) is 4. The predicted octanol–water partition coefficient (Wildman–Crippen LogP) is 14.4. The molecule has 10 aromatic carbocycles. The van der Waals surface area contributed by atoms with Gasteiger partial charge in [0.1, 0.15) is 5.82 Å². The molecule has 4 heteroatoms. The van der Waals surface area contributed by atoms with Crippen LogP contribution >= 0.6 is 0 Å². The normalized spacial score (nSPS) is 12.4. The van der Waals surface area contributed by atoms with Crippen molar-refractivity contribution in [1.29, 1.82) is 0 Å². The molecule has 14 aromatic rings. The van der Waals surface area contributed by atoms with Gasteiger partial charge in [0.05, 0.1) is 38.6 Å². The molecule has 272 valence electrons. The quantitative estimate of drug-likeness (QED) is 0.131. The molecule has 0 saturated carbocycles. The molecule has 4 aromatic heterocycles. The predicted molar refractivity (Wildman–Crippen MR) is 248 cm³/mol. The number of fused-ring (bicyclic) bond motifs is 15. The smallest absolute Gasteiger partial charge is 0.145 e. The first-order valence-corrected chi connectivity index (χ1v) is 20.3. The van der Waals surface area contributed by atoms with Gasteiger partial charge in [-0.05, 0) is 76.1 Å². The Morgan fingerprint density at radius 1 is 0.305 bits per heavy atom. The van der Waals surface area contributed by atoms with Crippen molar-refractivity contribution in [2.24, 2.45) is 0 Å². The van der Waals surface area contributed by atoms with Crippen molar-refractivity contribution in [3.8, 4) is 22.8 Å². The molecule has 0 unspecified atom stereocenters. The van der Waals surface area contributed by atoms with Crippen molar-refractivity contribution >= 4 is 103 Å². The third-order valence-electron chi connectivity index (χ3n) is 12.9. The Kier molecular flexibility index (Phi) is 5.99. The van der Waals surface area contributed by atoms with Crippen molar-refractivity contribution in [3.05, 3.63) is 194 Å². The van der Waals surface area contributed by atoms with Crippen LogP contribution in [0.3, 0.4) is 0 Å². The molecule has 0 saturated heterocycles. The van der Waals surface area contributed by atoms with E-state index in [0.29, 0.717) is 0 Å². The Balaban J connectivity index is 1.06. The fraction of sp³-hybridized carbons (Fsp3) is 0. The topological polar surface area (TPSA) is 27.2 Å². The Hall–Kier alpha value is -7.95. The standard InChI is InChI=1S/C55H32N4/c1-2-14-34(15-3-1)58-54-41-20-7-5-17-37(41)36-16-4-6-19-40(36)52(54)56-55(58)33-28-30-35(31-29-33)57-47-27-11-9-21-44(47)51-45-25-12-22-39-43-24-13-23-42-38-18-8-10-26-46(38)59(53(42)43)49(50(39)45)32-48(51)57/h1-32H. The third kappa shape index (κ3) is 4.00. The van der Waals surface area contributed by atoms with Crippen molar-refractivity contribution in [2.45, 2.75) is 0 Å². The molecule has 0 bridgehead atoms. The van der Waals surface area contributed by atoms with E-state index in [0.717, 1.165) is 39.2 Å². The molecule has 0 aliphatic heterocycles. The number of aromatic nitrogens is 4. The number of rotatable bonds is 3. The van der Waals surface area contributed by atoms with Crippen LogP contribution in [0.25, 0.3) is 126 Å². The molecule has 4 heterocycles. The number of hydrogen-bond acceptors (Lipinski definition) is 1. The van der Waals surface area contributed by atoms with Crippen molar-refractivity contribution in [2.75, 3.05) is 0 Å². The van der Waals surface area contributed by atoms with Crippen molar-refractivity contribution in [3.63, 3.8) is 0 Å². The second-order valence-corrected chi connectivity index (χ2v) is 15.9. The summed E-state index contributed by atoms with van der Waals surface area (Å²) in [7, 11) is 0. The van der Waals surface area contributed by atoms with E-state index in [2.05, 4.69) is 208 Å². The molecule has 0 fully saturated rings. The third-order valence-corrected chi connectivity index (χ3v) is 12.9. The zero-order chi connectivity index (χ0) is 38.3. The fourth-order valence-corrected chi connectivity index (χ4v) is 10.6. The summed E-state index contributed by atoms with van der Waals surface area (Å²) in [4.78, 5) is 5.51. The van der Waals surface area contributed by atoms with Crippen LogP contribution in [-0.4, -0.2) is 18.5 Å². The SMILES string of the molecule is c1ccc(-n2c(-c3ccc(-n4c5ccccc5c5c6cccc7c8cccc9c%10ccccc%10n(c(cc54)c76)c89)cc3)nc3c4ccccc4c4ccccc4c32)cc1. The monoisotopic (exact) mass is 748 g/mol. The first-order valence-electron chi connectivity index (χ1n) is 20.3. The van der Waals surface area contributed by atoms with Crippen molar-refractivity contribution < 1.29 is 0 Å². The maximum atomic E-state index is 5.51. The van der Waals surface area contributed by atoms with Gasteiger partial charge in [0.15, 0.2) is 0 Å². The summed E-state index contributed by atoms with van der Waals surface area (Å²) in [6.45, 7) is 0. The Labute approximate surface area is 337 Å². The van der Waals surface area contributed by atoms with Gasteiger partial charge in [-0.2, -0.15) is 0 Å². The lowest BCUT2D eigenvalue weighted by Crippen LogP contribution is -1.99. The molecular formula is C55H32N4. The summed E-state index contributed by atoms with van der Waals surface area (Å²) >= 11 is 0. The lowest BCUT2D eigenvalue weighted by atomic mass is 9.96. The average molecular weight is 749 g/mol. The molecule has 4 nitrogen and oxygen atoms in total. The largest absolute Gasteiger partial charge is 0.309 e. The highest BCUT2D eigenvalue weighted by molar-refractivity contribution is 6.33. The minimum Gasteiger partial charge on any atom is -0.309 e. The average Bonchev–Trinajstić information content (AvgIpc) is 3.98. The summed E-state index contributed by atoms with van der Waals surface area (Å²) in [5, 5.41) is 15.1. The number of pyridine rings is 1. The van der Waals surface area contributed by atoms with Crippen LogP contribution in [0, 0.1) is 0 Å². The Morgan fingerprint density at radius 3 is 1.61 bits per heavy atom. The molecule has 59 heavy (non-hydrogen) atoms. The summed E-state index contributed by atoms with van der Waals surface area (Å²) in [6.07, 6.45) is 0. The van der Waals surface area contributed by atoms with Gasteiger partial charge in [-0.3, -0.25) is 4.57 Å². The van der Waals surface area contributed by atoms with Crippen LogP contribution in [0.4, 0.5) is 0 Å².